The van der Waals surface area contributed by atoms with Crippen LogP contribution >= 0.6 is 22.9 Å². The number of piperazine rings is 1. The molecule has 32 heavy (non-hydrogen) atoms. The molecule has 0 saturated carbocycles. The van der Waals surface area contributed by atoms with Gasteiger partial charge in [-0.1, -0.05) is 23.7 Å². The Morgan fingerprint density at radius 1 is 1.09 bits per heavy atom. The highest BCUT2D eigenvalue weighted by Crippen LogP contribution is 2.38. The Morgan fingerprint density at radius 3 is 2.53 bits per heavy atom. The van der Waals surface area contributed by atoms with Crippen LogP contribution in [0.15, 0.2) is 24.3 Å². The molecule has 1 aliphatic carbocycles. The molecule has 1 aromatic carbocycles. The fourth-order valence-electron chi connectivity index (χ4n) is 4.26. The molecule has 0 radical (unpaired) electrons. The number of hydrogen-bond acceptors (Lipinski definition) is 6. The normalized spacial score (nSPS) is 16.4. The van der Waals surface area contributed by atoms with Gasteiger partial charge in [0, 0.05) is 31.1 Å². The lowest BCUT2D eigenvalue weighted by molar-refractivity contribution is -0.117. The van der Waals surface area contributed by atoms with Crippen LogP contribution in [0.2, 0.25) is 5.02 Å². The van der Waals surface area contributed by atoms with Gasteiger partial charge in [0.15, 0.2) is 0 Å². The molecule has 2 aromatic rings. The number of carbonyl (C=O) groups is 3. The number of thiophene rings is 1. The number of anilines is 1. The number of nitrogens with zero attached hydrogens (tertiary/aromatic N) is 2. The summed E-state index contributed by atoms with van der Waals surface area (Å²) in [5.41, 5.74) is 2.03. The van der Waals surface area contributed by atoms with Crippen molar-refractivity contribution in [1.82, 2.24) is 9.80 Å². The van der Waals surface area contributed by atoms with E-state index in [1.54, 1.807) is 29.2 Å². The molecule has 1 fully saturated rings. The minimum Gasteiger partial charge on any atom is -0.465 e. The van der Waals surface area contributed by atoms with E-state index in [2.05, 4.69) is 5.32 Å². The van der Waals surface area contributed by atoms with Gasteiger partial charge in [0.25, 0.3) is 5.91 Å². The van der Waals surface area contributed by atoms with E-state index in [4.69, 9.17) is 16.3 Å². The van der Waals surface area contributed by atoms with Crippen molar-refractivity contribution in [3.63, 3.8) is 0 Å². The quantitative estimate of drug-likeness (QED) is 0.670. The third-order valence-corrected chi connectivity index (χ3v) is 7.48. The number of hydrogen-bond donors (Lipinski definition) is 1. The average Bonchev–Trinajstić information content (AvgIpc) is 3.16. The first-order chi connectivity index (χ1) is 15.5. The monoisotopic (exact) mass is 475 g/mol. The molecular weight excluding hydrogens is 450 g/mol. The Balaban J connectivity index is 1.35. The Morgan fingerprint density at radius 2 is 1.81 bits per heavy atom. The molecule has 2 heterocycles. The van der Waals surface area contributed by atoms with Crippen molar-refractivity contribution in [2.24, 2.45) is 0 Å². The van der Waals surface area contributed by atoms with Crippen LogP contribution in [0.1, 0.15) is 44.0 Å². The maximum Gasteiger partial charge on any atom is 0.341 e. The fourth-order valence-corrected chi connectivity index (χ4v) is 5.77. The Labute approximate surface area is 196 Å². The van der Waals surface area contributed by atoms with Crippen LogP contribution in [0, 0.1) is 0 Å². The number of carbonyl (C=O) groups excluding carboxylic acids is 3. The first kappa shape index (κ1) is 22.8. The topological polar surface area (TPSA) is 79.0 Å². The summed E-state index contributed by atoms with van der Waals surface area (Å²) in [5, 5.41) is 3.97. The predicted molar refractivity (Wildman–Crippen MR) is 125 cm³/mol. The molecule has 7 nitrogen and oxygen atoms in total. The van der Waals surface area contributed by atoms with Crippen molar-refractivity contribution in [3.8, 4) is 0 Å². The smallest absolute Gasteiger partial charge is 0.341 e. The minimum absolute atomic E-state index is 0.0911. The Bertz CT molecular complexity index is 1030. The van der Waals surface area contributed by atoms with Crippen LogP contribution in [0.4, 0.5) is 5.00 Å². The summed E-state index contributed by atoms with van der Waals surface area (Å²) in [5.74, 6) is -0.655. The van der Waals surface area contributed by atoms with Crippen LogP contribution in [-0.4, -0.2) is 67.4 Å². The maximum atomic E-state index is 12.7. The highest BCUT2D eigenvalue weighted by molar-refractivity contribution is 7.17. The van der Waals surface area contributed by atoms with Crippen molar-refractivity contribution in [2.45, 2.75) is 25.7 Å². The number of nitrogens with one attached hydrogen (secondary N) is 1. The second-order valence-corrected chi connectivity index (χ2v) is 9.52. The van der Waals surface area contributed by atoms with Gasteiger partial charge in [0.05, 0.1) is 29.8 Å². The number of ether oxygens (including phenoxy) is 1. The fraction of sp³-hybridized carbons (Fsp3) is 0.435. The molecule has 1 aromatic heterocycles. The maximum absolute atomic E-state index is 12.7. The summed E-state index contributed by atoms with van der Waals surface area (Å²) in [4.78, 5) is 42.8. The van der Waals surface area contributed by atoms with Crippen LogP contribution < -0.4 is 5.32 Å². The minimum atomic E-state index is -0.397. The number of aryl methyl sites for hydroxylation is 1. The highest BCUT2D eigenvalue weighted by Gasteiger charge is 2.28. The molecule has 9 heteroatoms. The van der Waals surface area contributed by atoms with E-state index in [0.29, 0.717) is 47.3 Å². The molecule has 0 spiro atoms. The molecule has 1 saturated heterocycles. The molecule has 0 unspecified atom stereocenters. The lowest BCUT2D eigenvalue weighted by Crippen LogP contribution is -2.50. The molecule has 1 N–H and O–H groups in total. The molecule has 0 bridgehead atoms. The Kier molecular flexibility index (Phi) is 7.13. The second-order valence-electron chi connectivity index (χ2n) is 8.00. The van der Waals surface area contributed by atoms with Crippen molar-refractivity contribution < 1.29 is 19.1 Å². The van der Waals surface area contributed by atoms with Gasteiger partial charge >= 0.3 is 5.97 Å². The first-order valence-electron chi connectivity index (χ1n) is 10.8. The molecular formula is C23H26ClN3O4S. The van der Waals surface area contributed by atoms with Crippen LogP contribution in [0.3, 0.4) is 0 Å². The number of methoxy groups -OCH3 is 1. The highest BCUT2D eigenvalue weighted by atomic mass is 35.5. The third kappa shape index (κ3) is 4.82. The standard InChI is InChI=1S/C23H26ClN3O4S/c1-31-23(30)20-16-7-3-5-9-18(16)32-21(20)25-19(28)14-26-10-12-27(13-11-26)22(29)15-6-2-4-8-17(15)24/h2,4,6,8H,3,5,7,9-14H2,1H3,(H,25,28). The lowest BCUT2D eigenvalue weighted by atomic mass is 9.95. The second kappa shape index (κ2) is 10.0. The van der Waals surface area contributed by atoms with Crippen molar-refractivity contribution >= 4 is 45.7 Å². The zero-order valence-corrected chi connectivity index (χ0v) is 19.6. The number of amides is 2. The number of halogens is 1. The van der Waals surface area contributed by atoms with Gasteiger partial charge in [-0.05, 0) is 43.4 Å². The zero-order chi connectivity index (χ0) is 22.7. The van der Waals surface area contributed by atoms with Gasteiger partial charge in [-0.15, -0.1) is 11.3 Å². The zero-order valence-electron chi connectivity index (χ0n) is 18.0. The van der Waals surface area contributed by atoms with E-state index in [9.17, 15) is 14.4 Å². The summed E-state index contributed by atoms with van der Waals surface area (Å²) < 4.78 is 4.97. The number of esters is 1. The van der Waals surface area contributed by atoms with Gasteiger partial charge in [0.1, 0.15) is 5.00 Å². The summed E-state index contributed by atoms with van der Waals surface area (Å²) >= 11 is 7.64. The van der Waals surface area contributed by atoms with Crippen molar-refractivity contribution in [1.29, 1.82) is 0 Å². The molecule has 0 atom stereocenters. The number of benzene rings is 1. The van der Waals surface area contributed by atoms with E-state index in [-0.39, 0.29) is 18.4 Å². The Hall–Kier alpha value is -2.42. The summed E-state index contributed by atoms with van der Waals surface area (Å²) in [6.45, 7) is 2.44. The summed E-state index contributed by atoms with van der Waals surface area (Å²) in [7, 11) is 1.37. The molecule has 2 aliphatic rings. The van der Waals surface area contributed by atoms with E-state index in [0.717, 1.165) is 31.2 Å². The lowest BCUT2D eigenvalue weighted by Gasteiger charge is -2.34. The van der Waals surface area contributed by atoms with Crippen LogP contribution in [0.25, 0.3) is 0 Å². The molecule has 4 rings (SSSR count). The number of fused-ring (bicyclic) bond motifs is 1. The van der Waals surface area contributed by atoms with E-state index < -0.39 is 5.97 Å². The van der Waals surface area contributed by atoms with Crippen molar-refractivity contribution in [3.05, 3.63) is 50.9 Å². The summed E-state index contributed by atoms with van der Waals surface area (Å²) in [6.07, 6.45) is 3.91. The van der Waals surface area contributed by atoms with Gasteiger partial charge in [0.2, 0.25) is 5.91 Å². The van der Waals surface area contributed by atoms with Gasteiger partial charge in [-0.2, -0.15) is 0 Å². The molecule has 2 amide bonds. The van der Waals surface area contributed by atoms with Gasteiger partial charge < -0.3 is 15.0 Å². The molecule has 170 valence electrons. The van der Waals surface area contributed by atoms with Crippen molar-refractivity contribution in [2.75, 3.05) is 45.2 Å². The third-order valence-electron chi connectivity index (χ3n) is 5.94. The van der Waals surface area contributed by atoms with E-state index in [1.807, 2.05) is 4.90 Å². The van der Waals surface area contributed by atoms with Gasteiger partial charge in [-0.25, -0.2) is 4.79 Å². The van der Waals surface area contributed by atoms with Crippen LogP contribution in [0.5, 0.6) is 0 Å². The average molecular weight is 476 g/mol. The van der Waals surface area contributed by atoms with Gasteiger partial charge in [-0.3, -0.25) is 14.5 Å². The van der Waals surface area contributed by atoms with Crippen LogP contribution in [-0.2, 0) is 22.4 Å². The first-order valence-corrected chi connectivity index (χ1v) is 12.0. The predicted octanol–water partition coefficient (Wildman–Crippen LogP) is 3.46. The number of rotatable bonds is 5. The molecule has 1 aliphatic heterocycles. The summed E-state index contributed by atoms with van der Waals surface area (Å²) in [6, 6.07) is 7.03. The van der Waals surface area contributed by atoms with E-state index in [1.165, 1.54) is 23.3 Å². The SMILES string of the molecule is COC(=O)c1c(NC(=O)CN2CCN(C(=O)c3ccccc3Cl)CC2)sc2c1CCCC2. The largest absolute Gasteiger partial charge is 0.465 e. The van der Waals surface area contributed by atoms with E-state index >= 15 is 0 Å².